The minimum atomic E-state index is -1.63. The van der Waals surface area contributed by atoms with Gasteiger partial charge in [-0.2, -0.15) is 0 Å². The summed E-state index contributed by atoms with van der Waals surface area (Å²) in [5.41, 5.74) is 0. The molecule has 2 nitrogen and oxygen atoms in total. The SMILES string of the molecule is CCOC(=S)C[Si](C)(C)OC(C)C. The van der Waals surface area contributed by atoms with E-state index in [1.165, 1.54) is 0 Å². The lowest BCUT2D eigenvalue weighted by Gasteiger charge is -2.25. The van der Waals surface area contributed by atoms with Gasteiger partial charge in [0, 0.05) is 12.1 Å². The van der Waals surface area contributed by atoms with Crippen molar-refractivity contribution in [1.29, 1.82) is 0 Å². The van der Waals surface area contributed by atoms with Gasteiger partial charge in [-0.05, 0) is 46.1 Å². The smallest absolute Gasteiger partial charge is 0.195 e. The number of rotatable bonds is 5. The molecule has 0 aliphatic rings. The molecule has 0 aromatic rings. The first kappa shape index (κ1) is 13.1. The average molecular weight is 220 g/mol. The van der Waals surface area contributed by atoms with Gasteiger partial charge in [0.25, 0.3) is 0 Å². The summed E-state index contributed by atoms with van der Waals surface area (Å²) >= 11 is 5.09. The highest BCUT2D eigenvalue weighted by atomic mass is 32.1. The van der Waals surface area contributed by atoms with Crippen molar-refractivity contribution < 1.29 is 9.16 Å². The van der Waals surface area contributed by atoms with E-state index in [0.29, 0.717) is 11.7 Å². The summed E-state index contributed by atoms with van der Waals surface area (Å²) < 4.78 is 11.1. The second kappa shape index (κ2) is 5.73. The normalized spacial score (nSPS) is 11.8. The van der Waals surface area contributed by atoms with Crippen LogP contribution in [0.5, 0.6) is 0 Å². The van der Waals surface area contributed by atoms with E-state index in [2.05, 4.69) is 26.9 Å². The summed E-state index contributed by atoms with van der Waals surface area (Å²) in [6.07, 6.45) is 0.283. The van der Waals surface area contributed by atoms with E-state index in [1.54, 1.807) is 0 Å². The van der Waals surface area contributed by atoms with Gasteiger partial charge < -0.3 is 9.16 Å². The Kier molecular flexibility index (Phi) is 5.75. The van der Waals surface area contributed by atoms with Crippen LogP contribution in [0, 0.1) is 0 Å². The van der Waals surface area contributed by atoms with Crippen molar-refractivity contribution in [3.8, 4) is 0 Å². The molecule has 0 aliphatic carbocycles. The van der Waals surface area contributed by atoms with Crippen LogP contribution in [0.25, 0.3) is 0 Å². The van der Waals surface area contributed by atoms with Gasteiger partial charge in [0.2, 0.25) is 0 Å². The summed E-state index contributed by atoms with van der Waals surface area (Å²) in [5, 5.41) is 0.694. The molecule has 78 valence electrons. The first-order valence-corrected chi connectivity index (χ1v) is 8.23. The predicted molar refractivity (Wildman–Crippen MR) is 62.7 cm³/mol. The molecule has 0 aliphatic heterocycles. The maximum atomic E-state index is 5.83. The summed E-state index contributed by atoms with van der Waals surface area (Å²) in [5.74, 6) is 0. The fourth-order valence-corrected chi connectivity index (χ4v) is 4.56. The van der Waals surface area contributed by atoms with E-state index in [0.717, 1.165) is 6.04 Å². The zero-order chi connectivity index (χ0) is 10.5. The molecule has 0 heterocycles. The van der Waals surface area contributed by atoms with Crippen molar-refractivity contribution in [3.05, 3.63) is 0 Å². The minimum absolute atomic E-state index is 0.283. The van der Waals surface area contributed by atoms with Crippen molar-refractivity contribution in [3.63, 3.8) is 0 Å². The molecule has 0 atom stereocenters. The van der Waals surface area contributed by atoms with Gasteiger partial charge in [0.1, 0.15) is 0 Å². The molecule has 0 saturated carbocycles. The van der Waals surface area contributed by atoms with Crippen LogP contribution in [-0.4, -0.2) is 26.1 Å². The predicted octanol–water partition coefficient (Wildman–Crippen LogP) is 2.98. The van der Waals surface area contributed by atoms with Crippen LogP contribution in [0.4, 0.5) is 0 Å². The molecule has 0 aromatic carbocycles. The monoisotopic (exact) mass is 220 g/mol. The Morgan fingerprint density at radius 3 is 2.31 bits per heavy atom. The average Bonchev–Trinajstić information content (AvgIpc) is 1.81. The molecule has 13 heavy (non-hydrogen) atoms. The van der Waals surface area contributed by atoms with Crippen LogP contribution in [0.1, 0.15) is 20.8 Å². The minimum Gasteiger partial charge on any atom is -0.488 e. The quantitative estimate of drug-likeness (QED) is 0.524. The fourth-order valence-electron chi connectivity index (χ4n) is 1.24. The van der Waals surface area contributed by atoms with E-state index in [1.807, 2.05) is 6.92 Å². The Hall–Kier alpha value is 0.0669. The highest BCUT2D eigenvalue weighted by Crippen LogP contribution is 2.15. The van der Waals surface area contributed by atoms with Crippen molar-refractivity contribution in [2.24, 2.45) is 0 Å². The zero-order valence-corrected chi connectivity index (χ0v) is 11.0. The van der Waals surface area contributed by atoms with Crippen LogP contribution >= 0.6 is 12.2 Å². The summed E-state index contributed by atoms with van der Waals surface area (Å²) in [6, 6.07) is 0.814. The highest BCUT2D eigenvalue weighted by Gasteiger charge is 2.26. The van der Waals surface area contributed by atoms with Gasteiger partial charge in [-0.25, -0.2) is 0 Å². The van der Waals surface area contributed by atoms with Gasteiger partial charge in [-0.3, -0.25) is 0 Å². The highest BCUT2D eigenvalue weighted by molar-refractivity contribution is 7.80. The van der Waals surface area contributed by atoms with Crippen molar-refractivity contribution in [1.82, 2.24) is 0 Å². The van der Waals surface area contributed by atoms with E-state index in [9.17, 15) is 0 Å². The molecule has 0 rings (SSSR count). The Balaban J connectivity index is 3.93. The molecule has 0 bridgehead atoms. The number of hydrogen-bond donors (Lipinski definition) is 0. The standard InChI is InChI=1S/C9H20O2SSi/c1-6-10-9(12)7-13(4,5)11-8(2)3/h8H,6-7H2,1-5H3. The maximum absolute atomic E-state index is 5.83. The second-order valence-corrected chi connectivity index (χ2v) is 8.47. The Bertz CT molecular complexity index is 169. The van der Waals surface area contributed by atoms with E-state index < -0.39 is 8.32 Å². The lowest BCUT2D eigenvalue weighted by molar-refractivity contribution is 0.231. The van der Waals surface area contributed by atoms with Crippen molar-refractivity contribution in [2.75, 3.05) is 6.61 Å². The number of thiocarbonyl (C=S) groups is 1. The molecule has 0 N–H and O–H groups in total. The first-order chi connectivity index (χ1) is 5.87. The first-order valence-electron chi connectivity index (χ1n) is 4.71. The third-order valence-electron chi connectivity index (χ3n) is 1.43. The third kappa shape index (κ3) is 7.16. The summed E-state index contributed by atoms with van der Waals surface area (Å²) in [6.45, 7) is 11.0. The van der Waals surface area contributed by atoms with Crippen molar-refractivity contribution >= 4 is 25.6 Å². The molecule has 0 aromatic heterocycles. The Labute approximate surface area is 87.7 Å². The van der Waals surface area contributed by atoms with E-state index >= 15 is 0 Å². The molecule has 4 heteroatoms. The summed E-state index contributed by atoms with van der Waals surface area (Å²) in [7, 11) is -1.63. The Morgan fingerprint density at radius 1 is 1.38 bits per heavy atom. The molecule has 0 fully saturated rings. The van der Waals surface area contributed by atoms with Gasteiger partial charge in [0.05, 0.1) is 6.61 Å². The molecule has 0 spiro atoms. The zero-order valence-electron chi connectivity index (χ0n) is 9.22. The largest absolute Gasteiger partial charge is 0.488 e. The molecule has 0 radical (unpaired) electrons. The molecule has 0 amide bonds. The Morgan fingerprint density at radius 2 is 1.92 bits per heavy atom. The molecule has 0 unspecified atom stereocenters. The topological polar surface area (TPSA) is 18.5 Å². The molecule has 0 saturated heterocycles. The van der Waals surface area contributed by atoms with E-state index in [-0.39, 0.29) is 6.10 Å². The van der Waals surface area contributed by atoms with Crippen LogP contribution in [0.2, 0.25) is 19.1 Å². The van der Waals surface area contributed by atoms with Crippen LogP contribution in [-0.2, 0) is 9.16 Å². The van der Waals surface area contributed by atoms with Gasteiger partial charge in [-0.15, -0.1) is 0 Å². The van der Waals surface area contributed by atoms with Gasteiger partial charge in [0.15, 0.2) is 13.4 Å². The van der Waals surface area contributed by atoms with Crippen molar-refractivity contribution in [2.45, 2.75) is 46.0 Å². The van der Waals surface area contributed by atoms with Crippen LogP contribution < -0.4 is 0 Å². The third-order valence-corrected chi connectivity index (χ3v) is 4.23. The number of ether oxygens (including phenoxy) is 1. The molecular formula is C9H20O2SSi. The maximum Gasteiger partial charge on any atom is 0.195 e. The number of hydrogen-bond acceptors (Lipinski definition) is 3. The lowest BCUT2D eigenvalue weighted by atomic mass is 10.5. The van der Waals surface area contributed by atoms with Crippen LogP contribution in [0.15, 0.2) is 0 Å². The second-order valence-electron chi connectivity index (χ2n) is 3.91. The van der Waals surface area contributed by atoms with Gasteiger partial charge in [-0.1, -0.05) is 0 Å². The molecular weight excluding hydrogens is 200 g/mol. The lowest BCUT2D eigenvalue weighted by Crippen LogP contribution is -2.35. The fraction of sp³-hybridized carbons (Fsp3) is 0.889. The van der Waals surface area contributed by atoms with Crippen LogP contribution in [0.3, 0.4) is 0 Å². The van der Waals surface area contributed by atoms with Gasteiger partial charge >= 0.3 is 0 Å². The van der Waals surface area contributed by atoms with E-state index in [4.69, 9.17) is 21.4 Å². The summed E-state index contributed by atoms with van der Waals surface area (Å²) in [4.78, 5) is 0.